The van der Waals surface area contributed by atoms with E-state index in [1.54, 1.807) is 18.5 Å². The van der Waals surface area contributed by atoms with Crippen LogP contribution in [-0.4, -0.2) is 79.2 Å². The number of likely N-dealkylation sites (tertiary alicyclic amines) is 2. The van der Waals surface area contributed by atoms with E-state index >= 15 is 0 Å². The third-order valence-corrected chi connectivity index (χ3v) is 4.70. The van der Waals surface area contributed by atoms with Gasteiger partial charge >= 0.3 is 6.09 Å². The fraction of sp³-hybridized carbons (Fsp3) is 0.533. The van der Waals surface area contributed by atoms with Crippen molar-refractivity contribution in [2.24, 2.45) is 0 Å². The molecule has 10 heteroatoms. The van der Waals surface area contributed by atoms with Gasteiger partial charge in [-0.2, -0.15) is 0 Å². The number of carbonyl (C=O) groups excluding carboxylic acids is 2. The number of aliphatic hydroxyl groups is 1. The van der Waals surface area contributed by atoms with Crippen LogP contribution >= 0.6 is 0 Å². The Kier molecular flexibility index (Phi) is 4.53. The van der Waals surface area contributed by atoms with E-state index in [0.29, 0.717) is 25.2 Å². The molecule has 3 amide bonds. The highest BCUT2D eigenvalue weighted by atomic mass is 16.4. The summed E-state index contributed by atoms with van der Waals surface area (Å²) in [5.74, 6) is -0.553. The van der Waals surface area contributed by atoms with Crippen molar-refractivity contribution in [1.29, 1.82) is 0 Å². The first kappa shape index (κ1) is 17.1. The number of aromatic nitrogens is 2. The van der Waals surface area contributed by atoms with Crippen LogP contribution in [0.1, 0.15) is 18.7 Å². The summed E-state index contributed by atoms with van der Waals surface area (Å²) in [7, 11) is 0. The molecule has 2 saturated heterocycles. The molecule has 3 rings (SSSR count). The maximum Gasteiger partial charge on any atom is 0.408 e. The molecule has 134 valence electrons. The molecule has 0 aliphatic carbocycles. The Balaban J connectivity index is 1.63. The molecule has 1 aromatic rings. The third-order valence-electron chi connectivity index (χ3n) is 4.70. The first-order valence-corrected chi connectivity index (χ1v) is 7.96. The summed E-state index contributed by atoms with van der Waals surface area (Å²) >= 11 is 0. The number of carboxylic acid groups (broad SMARTS) is 1. The van der Waals surface area contributed by atoms with Crippen LogP contribution in [0.4, 0.5) is 4.79 Å². The van der Waals surface area contributed by atoms with Gasteiger partial charge in [-0.05, 0) is 18.9 Å². The van der Waals surface area contributed by atoms with Gasteiger partial charge in [0.05, 0.1) is 19.7 Å². The normalized spacial score (nSPS) is 23.5. The lowest BCUT2D eigenvalue weighted by Gasteiger charge is -2.52. The van der Waals surface area contributed by atoms with Gasteiger partial charge in [0.2, 0.25) is 5.91 Å². The summed E-state index contributed by atoms with van der Waals surface area (Å²) < 4.78 is 0. The first-order valence-electron chi connectivity index (χ1n) is 7.96. The van der Waals surface area contributed by atoms with E-state index < -0.39 is 36.1 Å². The molecular weight excluding hydrogens is 330 g/mol. The second-order valence-electron chi connectivity index (χ2n) is 6.08. The summed E-state index contributed by atoms with van der Waals surface area (Å²) in [6.45, 7) is -0.0597. The van der Waals surface area contributed by atoms with Crippen molar-refractivity contribution in [2.75, 3.05) is 19.7 Å². The summed E-state index contributed by atoms with van der Waals surface area (Å²) in [6.07, 6.45) is 2.99. The lowest BCUT2D eigenvalue weighted by atomic mass is 9.84. The van der Waals surface area contributed by atoms with E-state index in [9.17, 15) is 24.6 Å². The molecule has 1 spiro atoms. The Morgan fingerprint density at radius 2 is 2.08 bits per heavy atom. The van der Waals surface area contributed by atoms with Crippen molar-refractivity contribution < 1.29 is 24.6 Å². The fourth-order valence-electron chi connectivity index (χ4n) is 3.42. The number of aliphatic hydroxyl groups excluding tert-OH is 1. The molecule has 2 aliphatic heterocycles. The zero-order valence-electron chi connectivity index (χ0n) is 13.5. The van der Waals surface area contributed by atoms with Crippen LogP contribution in [0.25, 0.3) is 0 Å². The molecule has 2 aliphatic rings. The largest absolute Gasteiger partial charge is 0.465 e. The molecule has 0 radical (unpaired) electrons. The Morgan fingerprint density at radius 1 is 1.36 bits per heavy atom. The van der Waals surface area contributed by atoms with Crippen LogP contribution in [0.5, 0.6) is 0 Å². The first-order chi connectivity index (χ1) is 12.0. The van der Waals surface area contributed by atoms with Gasteiger partial charge in [0.15, 0.2) is 0 Å². The van der Waals surface area contributed by atoms with Gasteiger partial charge < -0.3 is 20.4 Å². The maximum atomic E-state index is 12.6. The van der Waals surface area contributed by atoms with Crippen LogP contribution in [-0.2, 0) is 16.1 Å². The van der Waals surface area contributed by atoms with E-state index in [-0.39, 0.29) is 13.1 Å². The van der Waals surface area contributed by atoms with E-state index in [1.165, 1.54) is 4.90 Å². The van der Waals surface area contributed by atoms with E-state index in [2.05, 4.69) is 15.3 Å². The molecule has 1 unspecified atom stereocenters. The zero-order chi connectivity index (χ0) is 18.0. The van der Waals surface area contributed by atoms with Gasteiger partial charge in [-0.15, -0.1) is 0 Å². The van der Waals surface area contributed by atoms with Crippen molar-refractivity contribution >= 4 is 17.9 Å². The summed E-state index contributed by atoms with van der Waals surface area (Å²) in [5.41, 5.74) is -1.08. The van der Waals surface area contributed by atoms with Crippen molar-refractivity contribution in [3.05, 3.63) is 24.3 Å². The van der Waals surface area contributed by atoms with Crippen molar-refractivity contribution in [3.8, 4) is 0 Å². The van der Waals surface area contributed by atoms with E-state index in [1.807, 2.05) is 0 Å². The molecule has 3 N–H and O–H groups in total. The molecule has 0 bridgehead atoms. The highest BCUT2D eigenvalue weighted by molar-refractivity contribution is 5.99. The summed E-state index contributed by atoms with van der Waals surface area (Å²) in [5, 5.41) is 21.4. The van der Waals surface area contributed by atoms with Crippen molar-refractivity contribution in [2.45, 2.75) is 31.0 Å². The molecule has 25 heavy (non-hydrogen) atoms. The Morgan fingerprint density at radius 3 is 2.68 bits per heavy atom. The second-order valence-corrected chi connectivity index (χ2v) is 6.08. The average molecular weight is 349 g/mol. The fourth-order valence-corrected chi connectivity index (χ4v) is 3.42. The lowest BCUT2D eigenvalue weighted by Crippen LogP contribution is -2.76. The molecule has 2 fully saturated rings. The van der Waals surface area contributed by atoms with E-state index in [0.717, 1.165) is 4.90 Å². The number of rotatable bonds is 5. The van der Waals surface area contributed by atoms with Gasteiger partial charge in [0.25, 0.3) is 5.91 Å². The number of nitrogens with zero attached hydrogens (tertiary/aromatic N) is 4. The number of amides is 3. The quantitative estimate of drug-likeness (QED) is 0.569. The van der Waals surface area contributed by atoms with Gasteiger partial charge in [0, 0.05) is 18.9 Å². The highest BCUT2D eigenvalue weighted by Crippen LogP contribution is 2.39. The topological polar surface area (TPSA) is 136 Å². The standard InChI is InChI=1S/C15H19N5O5/c21-8-10(12(22)18-7-11-16-4-2-5-17-11)19-9-15(13(19)23)3-1-6-20(15)14(24)25/h2,4-5,10,21H,1,3,6-9H2,(H,18,22)(H,24,25)/t10-,15?/m0/s1. The summed E-state index contributed by atoms with van der Waals surface area (Å²) in [4.78, 5) is 46.5. The van der Waals surface area contributed by atoms with Gasteiger partial charge in [0.1, 0.15) is 17.4 Å². The van der Waals surface area contributed by atoms with Gasteiger partial charge in [-0.1, -0.05) is 0 Å². The Hall–Kier alpha value is -2.75. The van der Waals surface area contributed by atoms with Crippen LogP contribution in [0.2, 0.25) is 0 Å². The number of nitrogens with one attached hydrogen (secondary N) is 1. The SMILES string of the molecule is O=C(NCc1ncccn1)[C@H](CO)N1CC2(CCCN2C(=O)O)C1=O. The third kappa shape index (κ3) is 2.88. The number of β-lactam (4-membered cyclic amide) rings is 1. The number of hydrogen-bond donors (Lipinski definition) is 3. The van der Waals surface area contributed by atoms with Crippen molar-refractivity contribution in [3.63, 3.8) is 0 Å². The van der Waals surface area contributed by atoms with Gasteiger partial charge in [-0.3, -0.25) is 14.5 Å². The van der Waals surface area contributed by atoms with E-state index in [4.69, 9.17) is 0 Å². The molecule has 2 atom stereocenters. The zero-order valence-corrected chi connectivity index (χ0v) is 13.5. The highest BCUT2D eigenvalue weighted by Gasteiger charge is 2.61. The van der Waals surface area contributed by atoms with Crippen LogP contribution in [0, 0.1) is 0 Å². The minimum Gasteiger partial charge on any atom is -0.465 e. The van der Waals surface area contributed by atoms with Crippen LogP contribution < -0.4 is 5.32 Å². The monoisotopic (exact) mass is 349 g/mol. The molecule has 0 aromatic carbocycles. The Labute approximate surface area is 143 Å². The summed E-state index contributed by atoms with van der Waals surface area (Å²) in [6, 6.07) is 0.591. The van der Waals surface area contributed by atoms with Crippen LogP contribution in [0.15, 0.2) is 18.5 Å². The molecule has 3 heterocycles. The smallest absolute Gasteiger partial charge is 0.408 e. The number of hydrogen-bond acceptors (Lipinski definition) is 6. The van der Waals surface area contributed by atoms with Crippen molar-refractivity contribution in [1.82, 2.24) is 25.1 Å². The minimum absolute atomic E-state index is 0.0740. The average Bonchev–Trinajstić information content (AvgIpc) is 3.08. The number of carbonyl (C=O) groups is 3. The molecule has 10 nitrogen and oxygen atoms in total. The molecular formula is C15H19N5O5. The lowest BCUT2D eigenvalue weighted by molar-refractivity contribution is -0.168. The Bertz CT molecular complexity index is 684. The predicted molar refractivity (Wildman–Crippen MR) is 83.2 cm³/mol. The predicted octanol–water partition coefficient (Wildman–Crippen LogP) is -1.19. The second kappa shape index (κ2) is 6.63. The molecule has 1 aromatic heterocycles. The van der Waals surface area contributed by atoms with Gasteiger partial charge in [-0.25, -0.2) is 14.8 Å². The minimum atomic E-state index is -1.14. The maximum absolute atomic E-state index is 12.6. The van der Waals surface area contributed by atoms with Crippen LogP contribution in [0.3, 0.4) is 0 Å². The molecule has 0 saturated carbocycles.